The fourth-order valence-electron chi connectivity index (χ4n) is 17.8. The van der Waals surface area contributed by atoms with Crippen LogP contribution in [0, 0.1) is 70.5 Å². The number of carbonyl (C=O) groups excluding carboxylic acids is 3. The summed E-state index contributed by atoms with van der Waals surface area (Å²) in [4.78, 5) is 36.1. The number of carbonyl (C=O) groups is 3. The Morgan fingerprint density at radius 1 is 0.403 bits per heavy atom. The number of aliphatic hydroxyl groups is 2. The molecule has 2 N–H and O–H groups in total. The summed E-state index contributed by atoms with van der Waals surface area (Å²) in [7, 11) is -9.00. The van der Waals surface area contributed by atoms with E-state index in [0.717, 1.165) is 57.3 Å². The molecule has 0 aromatic rings. The van der Waals surface area contributed by atoms with Crippen LogP contribution >= 0.6 is 0 Å². The maximum atomic E-state index is 14.2. The Morgan fingerprint density at radius 3 is 0.983 bits per heavy atom. The van der Waals surface area contributed by atoms with Crippen molar-refractivity contribution in [2.24, 2.45) is 70.5 Å². The van der Waals surface area contributed by atoms with Gasteiger partial charge in [0.15, 0.2) is 12.2 Å². The molecule has 16 atom stereocenters. The zero-order chi connectivity index (χ0) is 91.1. The summed E-state index contributed by atoms with van der Waals surface area (Å²) in [5, 5.41) is 18.6. The number of rotatable bonds is 29. The summed E-state index contributed by atoms with van der Waals surface area (Å²) in [6, 6.07) is 0. The van der Waals surface area contributed by atoms with Gasteiger partial charge in [0.2, 0.25) is 5.60 Å². The highest BCUT2D eigenvalue weighted by Gasteiger charge is 2.83. The summed E-state index contributed by atoms with van der Waals surface area (Å²) < 4.78 is 266. The Morgan fingerprint density at radius 2 is 0.731 bits per heavy atom. The molecule has 0 spiro atoms. The van der Waals surface area contributed by atoms with Crippen LogP contribution in [-0.2, 0) is 95.9 Å². The van der Waals surface area contributed by atoms with Crippen LogP contribution in [0.1, 0.15) is 234 Å². The molecule has 40 heteroatoms. The minimum absolute atomic E-state index is 0.0316. The van der Waals surface area contributed by atoms with Gasteiger partial charge in [0.05, 0.1) is 18.4 Å². The first-order chi connectivity index (χ1) is 54.8. The first-order valence-electron chi connectivity index (χ1n) is 42.5. The molecular weight excluding hydrogens is 1680 g/mol. The summed E-state index contributed by atoms with van der Waals surface area (Å²) >= 11 is 0. The van der Waals surface area contributed by atoms with E-state index in [1.807, 2.05) is 130 Å². The van der Waals surface area contributed by atoms with Crippen molar-refractivity contribution in [2.75, 3.05) is 92.7 Å². The third-order valence-corrected chi connectivity index (χ3v) is 32.5. The van der Waals surface area contributed by atoms with E-state index in [1.54, 1.807) is 20.8 Å². The number of ether oxygens (including phenoxy) is 6. The van der Waals surface area contributed by atoms with Gasteiger partial charge in [-0.05, 0) is 262 Å². The standard InChI is InChI=1S/C14H17F5O4.C13H19F3O2.C12H15F5O3.C12H20O2.4C7H18O3Si/c1-11(6-22-13(21,12(11,15)16)14(17,18)19)23-10(20)9-5-7-2-3-8(9)4-7;1-11(2,3)18-10(17)12(13(14,15)16)7-8-4-5-9(12)6-8;13-10(14)9(8-4-6-1-2-7(8)3-6)19-5-20-11(10,18)12(15,16)17;1-12(2,3)14-11(13)10-7-8-4-5-9(10)6-8;4*1-5-8-11(4,9-6-2)10-7-3/h7-9,21H,2-6H2,1H3;8-9H,4-7H2,1-3H3;6-9,18H,1-5H2;8-10H,4-7H2,1-3H3;4*5-7H2,1-4H3. The zero-order valence-corrected chi connectivity index (χ0v) is 78.5. The van der Waals surface area contributed by atoms with Crippen molar-refractivity contribution in [3.8, 4) is 0 Å². The summed E-state index contributed by atoms with van der Waals surface area (Å²) in [5.41, 5.74) is -6.31. The molecule has 0 radical (unpaired) electrons. The number of esters is 3. The third kappa shape index (κ3) is 29.9. The topological polar surface area (TPSA) is 258 Å². The monoisotopic (exact) mass is 1820 g/mol. The van der Waals surface area contributed by atoms with Crippen molar-refractivity contribution >= 4 is 53.1 Å². The molecule has 0 aromatic heterocycles. The molecule has 8 aliphatic carbocycles. The fourth-order valence-corrected chi connectivity index (χ4v) is 25.1. The first-order valence-corrected chi connectivity index (χ1v) is 51.4. The highest BCUT2D eigenvalue weighted by Crippen LogP contribution is 2.64. The Kier molecular flexibility index (Phi) is 43.4. The Hall–Kier alpha value is -2.31. The third-order valence-electron chi connectivity index (χ3n) is 22.7. The van der Waals surface area contributed by atoms with Gasteiger partial charge >= 0.3 is 95.1 Å². The van der Waals surface area contributed by atoms with Gasteiger partial charge in [-0.15, -0.1) is 0 Å². The van der Waals surface area contributed by atoms with Crippen molar-refractivity contribution < 1.29 is 163 Å². The highest BCUT2D eigenvalue weighted by molar-refractivity contribution is 6.60. The number of halogens is 13. The molecule has 704 valence electrons. The van der Waals surface area contributed by atoms with E-state index in [0.29, 0.717) is 124 Å². The lowest BCUT2D eigenvalue weighted by atomic mass is 9.72. The highest BCUT2D eigenvalue weighted by atomic mass is 28.4. The lowest BCUT2D eigenvalue weighted by Gasteiger charge is -2.46. The van der Waals surface area contributed by atoms with Gasteiger partial charge in [0.1, 0.15) is 17.3 Å². The quantitative estimate of drug-likeness (QED) is 0.0305. The number of hydrogen-bond acceptors (Lipinski definition) is 23. The zero-order valence-electron chi connectivity index (χ0n) is 74.5. The number of fused-ring (bicyclic) bond motifs is 8. The van der Waals surface area contributed by atoms with Gasteiger partial charge < -0.3 is 91.7 Å². The van der Waals surface area contributed by atoms with Gasteiger partial charge in [-0.25, -0.2) is 0 Å². The molecule has 0 aromatic carbocycles. The van der Waals surface area contributed by atoms with Crippen molar-refractivity contribution in [1.29, 1.82) is 0 Å². The molecule has 2 aliphatic heterocycles. The molecule has 119 heavy (non-hydrogen) atoms. The van der Waals surface area contributed by atoms with Crippen LogP contribution in [-0.4, -0.2) is 221 Å². The predicted molar refractivity (Wildman–Crippen MR) is 422 cm³/mol. The van der Waals surface area contributed by atoms with Gasteiger partial charge in [-0.2, -0.15) is 57.1 Å². The molecule has 10 rings (SSSR count). The van der Waals surface area contributed by atoms with E-state index in [4.69, 9.17) is 72.1 Å². The smallest absolute Gasteiger partial charge is 0.460 e. The van der Waals surface area contributed by atoms with Gasteiger partial charge in [0.25, 0.3) is 0 Å². The van der Waals surface area contributed by atoms with Crippen LogP contribution in [0.3, 0.4) is 0 Å². The van der Waals surface area contributed by atoms with E-state index < -0.39 is 143 Å². The van der Waals surface area contributed by atoms with E-state index in [1.165, 1.54) is 19.3 Å². The van der Waals surface area contributed by atoms with Crippen molar-refractivity contribution in [1.82, 2.24) is 0 Å². The Labute approximate surface area is 701 Å². The first kappa shape index (κ1) is 111. The molecule has 10 fully saturated rings. The Balaban J connectivity index is 0.000000358. The lowest BCUT2D eigenvalue weighted by molar-refractivity contribution is -0.488. The maximum Gasteiger partial charge on any atom is 0.497 e. The summed E-state index contributed by atoms with van der Waals surface area (Å²) in [5.74, 6) is -19.9. The maximum absolute atomic E-state index is 14.2. The van der Waals surface area contributed by atoms with Crippen LogP contribution in [0.5, 0.6) is 0 Å². The van der Waals surface area contributed by atoms with Crippen molar-refractivity contribution in [3.63, 3.8) is 0 Å². The largest absolute Gasteiger partial charge is 0.497 e. The molecule has 8 saturated carbocycles. The minimum atomic E-state index is -5.72. The Bertz CT molecular complexity index is 2840. The molecule has 2 saturated heterocycles. The van der Waals surface area contributed by atoms with Crippen molar-refractivity contribution in [2.45, 2.75) is 325 Å². The summed E-state index contributed by atoms with van der Waals surface area (Å²) in [6.07, 6.45) is -5.14. The van der Waals surface area contributed by atoms with Crippen LogP contribution in [0.25, 0.3) is 0 Å². The van der Waals surface area contributed by atoms with Crippen LogP contribution in [0.2, 0.25) is 26.2 Å². The average Bonchev–Trinajstić information content (AvgIpc) is 1.61. The van der Waals surface area contributed by atoms with Gasteiger partial charge in [-0.3, -0.25) is 14.4 Å². The second-order valence-corrected chi connectivity index (χ2v) is 44.3. The second kappa shape index (κ2) is 46.6. The van der Waals surface area contributed by atoms with Crippen LogP contribution in [0.4, 0.5) is 57.1 Å². The molecular formula is C79H143F13O23Si4. The van der Waals surface area contributed by atoms with Gasteiger partial charge in [0, 0.05) is 105 Å². The molecule has 10 aliphatic rings. The molecule has 2 heterocycles. The van der Waals surface area contributed by atoms with Crippen molar-refractivity contribution in [3.05, 3.63) is 0 Å². The van der Waals surface area contributed by atoms with Gasteiger partial charge in [-0.1, -0.05) is 25.7 Å². The van der Waals surface area contributed by atoms with E-state index in [9.17, 15) is 81.7 Å². The SMILES string of the molecule is CC(C)(C)OC(=O)C1(C(F)(F)F)CC2CCC1C2.CC(C)(C)OC(=O)C1CC2CCC1C2.CC1(OC(=O)C2CC3CCC2C3)COC(O)(C(F)(F)F)C1(F)F.CCO[Si](C)(OCC)OCC.CCO[Si](C)(OCC)OCC.CCO[Si](C)(OCC)OCC.CCO[Si](C)(OCC)OCC.OC1(C(F)(F)F)OCOC(C2CC3CCC2C3)C1(F)F. The van der Waals surface area contributed by atoms with E-state index in [-0.39, 0.29) is 47.6 Å². The minimum Gasteiger partial charge on any atom is -0.460 e. The van der Waals surface area contributed by atoms with Crippen LogP contribution in [0.15, 0.2) is 0 Å². The molecule has 23 nitrogen and oxygen atoms in total. The second-order valence-electron chi connectivity index (χ2n) is 33.9. The normalized spacial score (nSPS) is 30.9. The number of hydrogen-bond donors (Lipinski definition) is 2. The number of alkyl halides is 13. The van der Waals surface area contributed by atoms with Crippen LogP contribution < -0.4 is 0 Å². The predicted octanol–water partition coefficient (Wildman–Crippen LogP) is 18.4. The lowest BCUT2D eigenvalue weighted by Crippen LogP contribution is -2.70. The van der Waals surface area contributed by atoms with E-state index in [2.05, 4.69) is 9.47 Å². The molecule has 0 amide bonds. The summed E-state index contributed by atoms with van der Waals surface area (Å²) in [6.45, 7) is 48.0. The molecule has 8 bridgehead atoms. The molecule has 16 unspecified atom stereocenters. The van der Waals surface area contributed by atoms with E-state index >= 15 is 0 Å². The average molecular weight is 1820 g/mol. The fraction of sp³-hybridized carbons (Fsp3) is 0.962.